The van der Waals surface area contributed by atoms with Crippen LogP contribution in [-0.2, 0) is 4.74 Å². The lowest BCUT2D eigenvalue weighted by Crippen LogP contribution is -2.13. The van der Waals surface area contributed by atoms with Crippen molar-refractivity contribution in [1.29, 1.82) is 0 Å². The Morgan fingerprint density at radius 3 is 2.62 bits per heavy atom. The van der Waals surface area contributed by atoms with Crippen LogP contribution in [0.4, 0.5) is 8.78 Å². The molecule has 1 rings (SSSR count). The minimum absolute atomic E-state index is 0.130. The number of methoxy groups -OCH3 is 1. The third-order valence-electron chi connectivity index (χ3n) is 2.60. The summed E-state index contributed by atoms with van der Waals surface area (Å²) in [5.74, 6) is -1.49. The lowest BCUT2D eigenvalue weighted by Gasteiger charge is -2.19. The fraction of sp³-hybridized carbons (Fsp3) is 0.500. The Labute approximate surface area is 93.9 Å². The Kier molecular flexibility index (Phi) is 4.83. The summed E-state index contributed by atoms with van der Waals surface area (Å²) in [6, 6.07) is 3.20. The van der Waals surface area contributed by atoms with Gasteiger partial charge in [-0.25, -0.2) is 8.78 Å². The van der Waals surface area contributed by atoms with Gasteiger partial charge >= 0.3 is 0 Å². The molecule has 0 heterocycles. The molecule has 0 fully saturated rings. The van der Waals surface area contributed by atoms with Gasteiger partial charge in [-0.3, -0.25) is 0 Å². The number of hydrogen-bond donors (Lipinski definition) is 1. The Balaban J connectivity index is 2.75. The summed E-state index contributed by atoms with van der Waals surface area (Å²) in [5, 5.41) is 9.87. The number of benzene rings is 1. The molecule has 0 aliphatic rings. The van der Waals surface area contributed by atoms with E-state index in [4.69, 9.17) is 4.74 Å². The monoisotopic (exact) mass is 230 g/mol. The normalized spacial score (nSPS) is 14.8. The average molecular weight is 230 g/mol. The van der Waals surface area contributed by atoms with Gasteiger partial charge in [0.15, 0.2) is 0 Å². The molecule has 0 aromatic heterocycles. The predicted octanol–water partition coefficient (Wildman–Crippen LogP) is 2.67. The second kappa shape index (κ2) is 5.92. The summed E-state index contributed by atoms with van der Waals surface area (Å²) in [6.07, 6.45) is -0.315. The van der Waals surface area contributed by atoms with Crippen LogP contribution in [0.3, 0.4) is 0 Å². The van der Waals surface area contributed by atoms with Crippen LogP contribution in [0.15, 0.2) is 18.2 Å². The molecule has 0 amide bonds. The summed E-state index contributed by atoms with van der Waals surface area (Å²) in [6.45, 7) is 2.30. The van der Waals surface area contributed by atoms with Crippen molar-refractivity contribution in [2.24, 2.45) is 5.92 Å². The maximum atomic E-state index is 13.4. The maximum Gasteiger partial charge on any atom is 0.131 e. The first kappa shape index (κ1) is 13.1. The largest absolute Gasteiger partial charge is 0.388 e. The molecule has 0 radical (unpaired) electrons. The number of aliphatic hydroxyl groups excluding tert-OH is 1. The number of hydrogen-bond acceptors (Lipinski definition) is 2. The zero-order chi connectivity index (χ0) is 12.1. The average Bonchev–Trinajstić information content (AvgIpc) is 2.25. The second-order valence-electron chi connectivity index (χ2n) is 3.87. The van der Waals surface area contributed by atoms with Crippen molar-refractivity contribution in [3.8, 4) is 0 Å². The smallest absolute Gasteiger partial charge is 0.131 e. The fourth-order valence-electron chi connectivity index (χ4n) is 1.51. The lowest BCUT2D eigenvalue weighted by molar-refractivity contribution is 0.0858. The van der Waals surface area contributed by atoms with E-state index in [0.717, 1.165) is 12.1 Å². The predicted molar refractivity (Wildman–Crippen MR) is 57.0 cm³/mol. The number of halogens is 2. The highest BCUT2D eigenvalue weighted by molar-refractivity contribution is 5.21. The Morgan fingerprint density at radius 1 is 1.38 bits per heavy atom. The van der Waals surface area contributed by atoms with Crippen LogP contribution < -0.4 is 0 Å². The lowest BCUT2D eigenvalue weighted by atomic mass is 9.94. The molecule has 0 spiro atoms. The Hall–Kier alpha value is -1.00. The molecule has 1 aromatic rings. The minimum atomic E-state index is -0.934. The molecule has 0 saturated carbocycles. The van der Waals surface area contributed by atoms with Crippen LogP contribution in [-0.4, -0.2) is 18.8 Å². The van der Waals surface area contributed by atoms with Gasteiger partial charge in [-0.2, -0.15) is 0 Å². The van der Waals surface area contributed by atoms with Crippen molar-refractivity contribution in [2.45, 2.75) is 19.4 Å². The van der Waals surface area contributed by atoms with E-state index in [2.05, 4.69) is 0 Å². The zero-order valence-corrected chi connectivity index (χ0v) is 9.41. The SMILES string of the molecule is COCCC(C)C(O)c1ccc(F)cc1F. The van der Waals surface area contributed by atoms with Gasteiger partial charge in [0.25, 0.3) is 0 Å². The van der Waals surface area contributed by atoms with Gasteiger partial charge in [0.2, 0.25) is 0 Å². The van der Waals surface area contributed by atoms with Crippen molar-refractivity contribution in [3.63, 3.8) is 0 Å². The summed E-state index contributed by atoms with van der Waals surface area (Å²) in [5.41, 5.74) is 0.130. The van der Waals surface area contributed by atoms with Gasteiger partial charge in [0.05, 0.1) is 6.10 Å². The van der Waals surface area contributed by atoms with Crippen LogP contribution in [0.2, 0.25) is 0 Å². The van der Waals surface area contributed by atoms with Crippen molar-refractivity contribution < 1.29 is 18.6 Å². The number of aliphatic hydroxyl groups is 1. The van der Waals surface area contributed by atoms with Crippen LogP contribution >= 0.6 is 0 Å². The molecule has 0 saturated heterocycles. The first-order valence-corrected chi connectivity index (χ1v) is 5.18. The van der Waals surface area contributed by atoms with Crippen LogP contribution in [0.1, 0.15) is 25.0 Å². The Morgan fingerprint density at radius 2 is 2.06 bits per heavy atom. The van der Waals surface area contributed by atoms with E-state index in [-0.39, 0.29) is 11.5 Å². The molecule has 90 valence electrons. The third kappa shape index (κ3) is 3.25. The number of ether oxygens (including phenoxy) is 1. The molecule has 1 N–H and O–H groups in total. The molecule has 0 aliphatic carbocycles. The molecule has 1 aromatic carbocycles. The zero-order valence-electron chi connectivity index (χ0n) is 9.41. The van der Waals surface area contributed by atoms with Gasteiger partial charge in [-0.05, 0) is 18.4 Å². The van der Waals surface area contributed by atoms with E-state index in [1.54, 1.807) is 14.0 Å². The van der Waals surface area contributed by atoms with Gasteiger partial charge in [0, 0.05) is 25.3 Å². The van der Waals surface area contributed by atoms with Crippen LogP contribution in [0.25, 0.3) is 0 Å². The first-order chi connectivity index (χ1) is 7.56. The molecule has 4 heteroatoms. The van der Waals surface area contributed by atoms with Gasteiger partial charge in [-0.1, -0.05) is 13.0 Å². The van der Waals surface area contributed by atoms with Crippen molar-refractivity contribution in [1.82, 2.24) is 0 Å². The third-order valence-corrected chi connectivity index (χ3v) is 2.60. The molecule has 0 aliphatic heterocycles. The second-order valence-corrected chi connectivity index (χ2v) is 3.87. The van der Waals surface area contributed by atoms with Crippen molar-refractivity contribution >= 4 is 0 Å². The number of rotatable bonds is 5. The molecule has 16 heavy (non-hydrogen) atoms. The van der Waals surface area contributed by atoms with Crippen LogP contribution in [0.5, 0.6) is 0 Å². The van der Waals surface area contributed by atoms with E-state index in [1.807, 2.05) is 0 Å². The molecule has 2 atom stereocenters. The van der Waals surface area contributed by atoms with Gasteiger partial charge in [-0.15, -0.1) is 0 Å². The highest BCUT2D eigenvalue weighted by atomic mass is 19.1. The fourth-order valence-corrected chi connectivity index (χ4v) is 1.51. The topological polar surface area (TPSA) is 29.5 Å². The van der Waals surface area contributed by atoms with Crippen molar-refractivity contribution in [3.05, 3.63) is 35.4 Å². The molecular weight excluding hydrogens is 214 g/mol. The van der Waals surface area contributed by atoms with Gasteiger partial charge in [0.1, 0.15) is 11.6 Å². The molecule has 2 nitrogen and oxygen atoms in total. The highest BCUT2D eigenvalue weighted by Gasteiger charge is 2.19. The standard InChI is InChI=1S/C12H16F2O2/c1-8(5-6-16-2)12(15)10-4-3-9(13)7-11(10)14/h3-4,7-8,12,15H,5-6H2,1-2H3. The molecule has 2 unspecified atom stereocenters. The Bertz CT molecular complexity index is 342. The summed E-state index contributed by atoms with van der Waals surface area (Å²) < 4.78 is 30.9. The van der Waals surface area contributed by atoms with E-state index < -0.39 is 17.7 Å². The summed E-state index contributed by atoms with van der Waals surface area (Å²) in [7, 11) is 1.57. The molecular formula is C12H16F2O2. The van der Waals surface area contributed by atoms with Gasteiger partial charge < -0.3 is 9.84 Å². The van der Waals surface area contributed by atoms with E-state index in [0.29, 0.717) is 13.0 Å². The van der Waals surface area contributed by atoms with Crippen molar-refractivity contribution in [2.75, 3.05) is 13.7 Å². The summed E-state index contributed by atoms with van der Waals surface area (Å²) in [4.78, 5) is 0. The van der Waals surface area contributed by atoms with E-state index in [1.165, 1.54) is 6.07 Å². The maximum absolute atomic E-state index is 13.4. The molecule has 0 bridgehead atoms. The quantitative estimate of drug-likeness (QED) is 0.842. The summed E-state index contributed by atoms with van der Waals surface area (Å²) >= 11 is 0. The van der Waals surface area contributed by atoms with E-state index in [9.17, 15) is 13.9 Å². The first-order valence-electron chi connectivity index (χ1n) is 5.18. The van der Waals surface area contributed by atoms with E-state index >= 15 is 0 Å². The van der Waals surface area contributed by atoms with Crippen LogP contribution in [0, 0.1) is 17.6 Å². The minimum Gasteiger partial charge on any atom is -0.388 e. The highest BCUT2D eigenvalue weighted by Crippen LogP contribution is 2.26.